The van der Waals surface area contributed by atoms with Gasteiger partial charge in [0.2, 0.25) is 5.89 Å². The predicted octanol–water partition coefficient (Wildman–Crippen LogP) is 2.71. The van der Waals surface area contributed by atoms with Crippen LogP contribution in [0.2, 0.25) is 5.02 Å². The maximum absolute atomic E-state index is 13.0. The smallest absolute Gasteiger partial charge is 0.314 e. The van der Waals surface area contributed by atoms with Crippen LogP contribution in [0.5, 0.6) is 0 Å². The van der Waals surface area contributed by atoms with Gasteiger partial charge in [-0.2, -0.15) is 0 Å². The van der Waals surface area contributed by atoms with E-state index in [1.54, 1.807) is 0 Å². The van der Waals surface area contributed by atoms with Crippen LogP contribution in [0.3, 0.4) is 0 Å². The van der Waals surface area contributed by atoms with Crippen molar-refractivity contribution in [2.75, 3.05) is 5.75 Å². The molecule has 5 nitrogen and oxygen atoms in total. The maximum atomic E-state index is 13.0. The molecule has 1 aromatic heterocycles. The Labute approximate surface area is 110 Å². The lowest BCUT2D eigenvalue weighted by molar-refractivity contribution is -0.133. The Morgan fingerprint density at radius 3 is 2.94 bits per heavy atom. The van der Waals surface area contributed by atoms with Crippen molar-refractivity contribution in [3.8, 4) is 11.5 Å². The summed E-state index contributed by atoms with van der Waals surface area (Å²) in [6.45, 7) is 0. The van der Waals surface area contributed by atoms with Gasteiger partial charge in [0, 0.05) is 5.56 Å². The van der Waals surface area contributed by atoms with Gasteiger partial charge in [0.15, 0.2) is 0 Å². The molecule has 2 rings (SSSR count). The van der Waals surface area contributed by atoms with Crippen LogP contribution >= 0.6 is 23.4 Å². The molecular weight excluding hydrogens is 283 g/mol. The number of benzene rings is 1. The maximum Gasteiger partial charge on any atom is 0.314 e. The van der Waals surface area contributed by atoms with Gasteiger partial charge in [-0.05, 0) is 18.2 Å². The molecule has 0 bridgehead atoms. The second-order valence-electron chi connectivity index (χ2n) is 3.18. The molecule has 18 heavy (non-hydrogen) atoms. The van der Waals surface area contributed by atoms with Crippen molar-refractivity contribution in [2.45, 2.75) is 5.22 Å². The van der Waals surface area contributed by atoms with Crippen LogP contribution in [0.15, 0.2) is 27.8 Å². The first kappa shape index (κ1) is 12.8. The molecule has 0 spiro atoms. The summed E-state index contributed by atoms with van der Waals surface area (Å²) in [6, 6.07) is 3.99. The van der Waals surface area contributed by atoms with Crippen molar-refractivity contribution >= 4 is 29.3 Å². The number of carbonyl (C=O) groups is 1. The van der Waals surface area contributed by atoms with Gasteiger partial charge >= 0.3 is 5.97 Å². The van der Waals surface area contributed by atoms with Crippen molar-refractivity contribution in [1.29, 1.82) is 0 Å². The number of carboxylic acid groups (broad SMARTS) is 1. The average Bonchev–Trinajstić information content (AvgIpc) is 2.79. The molecule has 1 aromatic carbocycles. The van der Waals surface area contributed by atoms with E-state index < -0.39 is 11.8 Å². The number of halogens is 2. The highest BCUT2D eigenvalue weighted by atomic mass is 35.5. The zero-order chi connectivity index (χ0) is 13.1. The summed E-state index contributed by atoms with van der Waals surface area (Å²) in [7, 11) is 0. The Morgan fingerprint density at radius 1 is 1.50 bits per heavy atom. The first-order chi connectivity index (χ1) is 8.56. The molecule has 0 aliphatic carbocycles. The highest BCUT2D eigenvalue weighted by Gasteiger charge is 2.12. The molecule has 1 N–H and O–H groups in total. The van der Waals surface area contributed by atoms with E-state index in [0.29, 0.717) is 5.56 Å². The highest BCUT2D eigenvalue weighted by Crippen LogP contribution is 2.26. The number of carboxylic acids is 1. The minimum Gasteiger partial charge on any atom is -0.481 e. The molecule has 0 atom stereocenters. The van der Waals surface area contributed by atoms with Crippen LogP contribution in [0.4, 0.5) is 4.39 Å². The van der Waals surface area contributed by atoms with Crippen LogP contribution in [-0.4, -0.2) is 27.0 Å². The van der Waals surface area contributed by atoms with Gasteiger partial charge in [-0.3, -0.25) is 4.79 Å². The molecular formula is C10H6ClFN2O3S. The van der Waals surface area contributed by atoms with Crippen LogP contribution in [-0.2, 0) is 4.79 Å². The van der Waals surface area contributed by atoms with Gasteiger partial charge < -0.3 is 9.52 Å². The average molecular weight is 289 g/mol. The van der Waals surface area contributed by atoms with Gasteiger partial charge in [-0.15, -0.1) is 10.2 Å². The first-order valence-electron chi connectivity index (χ1n) is 4.70. The molecule has 0 saturated carbocycles. The predicted molar refractivity (Wildman–Crippen MR) is 63.1 cm³/mol. The number of aliphatic carboxylic acids is 1. The lowest BCUT2D eigenvalue weighted by Crippen LogP contribution is -1.97. The number of nitrogens with zero attached hydrogens (tertiary/aromatic N) is 2. The topological polar surface area (TPSA) is 76.2 Å². The molecule has 8 heteroatoms. The Kier molecular flexibility index (Phi) is 3.83. The zero-order valence-electron chi connectivity index (χ0n) is 8.76. The Balaban J connectivity index is 2.18. The van der Waals surface area contributed by atoms with Crippen LogP contribution in [0.1, 0.15) is 0 Å². The fourth-order valence-corrected chi connectivity index (χ4v) is 1.80. The number of rotatable bonds is 4. The largest absolute Gasteiger partial charge is 0.481 e. The third-order valence-electron chi connectivity index (χ3n) is 1.89. The summed E-state index contributed by atoms with van der Waals surface area (Å²) in [5, 5.41) is 16.0. The normalized spacial score (nSPS) is 10.6. The summed E-state index contributed by atoms with van der Waals surface area (Å²) in [5.74, 6) is -1.54. The molecule has 0 radical (unpaired) electrons. The van der Waals surface area contributed by atoms with E-state index in [0.717, 1.165) is 11.8 Å². The van der Waals surface area contributed by atoms with E-state index in [1.807, 2.05) is 0 Å². The quantitative estimate of drug-likeness (QED) is 0.872. The molecule has 0 amide bonds. The van der Waals surface area contributed by atoms with E-state index >= 15 is 0 Å². The summed E-state index contributed by atoms with van der Waals surface area (Å²) in [6.07, 6.45) is 0. The van der Waals surface area contributed by atoms with Crippen molar-refractivity contribution in [3.63, 3.8) is 0 Å². The highest BCUT2D eigenvalue weighted by molar-refractivity contribution is 7.99. The van der Waals surface area contributed by atoms with Gasteiger partial charge in [-0.25, -0.2) is 4.39 Å². The lowest BCUT2D eigenvalue weighted by atomic mass is 10.2. The Morgan fingerprint density at radius 2 is 2.28 bits per heavy atom. The molecule has 2 aromatic rings. The summed E-state index contributed by atoms with van der Waals surface area (Å²) in [5.41, 5.74) is 0.469. The van der Waals surface area contributed by atoms with E-state index in [9.17, 15) is 9.18 Å². The Hall–Kier alpha value is -1.60. The third-order valence-corrected chi connectivity index (χ3v) is 2.98. The fourth-order valence-electron chi connectivity index (χ4n) is 1.14. The minimum atomic E-state index is -0.982. The first-order valence-corrected chi connectivity index (χ1v) is 6.06. The molecule has 0 saturated heterocycles. The van der Waals surface area contributed by atoms with Crippen molar-refractivity contribution < 1.29 is 18.7 Å². The second kappa shape index (κ2) is 5.36. The number of thioether (sulfide) groups is 1. The number of aromatic nitrogens is 2. The van der Waals surface area contributed by atoms with Crippen molar-refractivity contribution in [3.05, 3.63) is 29.0 Å². The molecule has 94 valence electrons. The molecule has 0 aliphatic rings. The van der Waals surface area contributed by atoms with Crippen LogP contribution < -0.4 is 0 Å². The molecule has 0 aliphatic heterocycles. The van der Waals surface area contributed by atoms with Gasteiger partial charge in [0.25, 0.3) is 5.22 Å². The molecule has 1 heterocycles. The minimum absolute atomic E-state index is 0.0505. The summed E-state index contributed by atoms with van der Waals surface area (Å²) in [4.78, 5) is 10.4. The number of hydrogen-bond donors (Lipinski definition) is 1. The Bertz CT molecular complexity index is 590. The molecule has 0 fully saturated rings. The lowest BCUT2D eigenvalue weighted by Gasteiger charge is -1.96. The van der Waals surface area contributed by atoms with E-state index in [4.69, 9.17) is 21.1 Å². The van der Waals surface area contributed by atoms with Crippen molar-refractivity contribution in [2.24, 2.45) is 0 Å². The van der Waals surface area contributed by atoms with E-state index in [1.165, 1.54) is 18.2 Å². The van der Waals surface area contributed by atoms with E-state index in [2.05, 4.69) is 10.2 Å². The van der Waals surface area contributed by atoms with Gasteiger partial charge in [0.05, 0.1) is 5.02 Å². The van der Waals surface area contributed by atoms with Gasteiger partial charge in [-0.1, -0.05) is 23.4 Å². The molecule has 0 unspecified atom stereocenters. The standard InChI is InChI=1S/C10H6ClFN2O3S/c11-6-3-5(1-2-7(6)12)9-13-14-10(17-9)18-4-8(15)16/h1-3H,4H2,(H,15,16). The zero-order valence-corrected chi connectivity index (χ0v) is 10.3. The monoisotopic (exact) mass is 288 g/mol. The SMILES string of the molecule is O=C(O)CSc1nnc(-c2ccc(F)c(Cl)c2)o1. The van der Waals surface area contributed by atoms with Crippen LogP contribution in [0.25, 0.3) is 11.5 Å². The second-order valence-corrected chi connectivity index (χ2v) is 4.52. The van der Waals surface area contributed by atoms with Crippen LogP contribution in [0, 0.1) is 5.82 Å². The summed E-state index contributed by atoms with van der Waals surface area (Å²) >= 11 is 6.53. The number of hydrogen-bond acceptors (Lipinski definition) is 5. The van der Waals surface area contributed by atoms with Crippen molar-refractivity contribution in [1.82, 2.24) is 10.2 Å². The van der Waals surface area contributed by atoms with Gasteiger partial charge in [0.1, 0.15) is 11.6 Å². The summed E-state index contributed by atoms with van der Waals surface area (Å²) < 4.78 is 18.2. The third kappa shape index (κ3) is 2.99. The fraction of sp³-hybridized carbons (Fsp3) is 0.100. The van der Waals surface area contributed by atoms with E-state index in [-0.39, 0.29) is 21.9 Å².